The van der Waals surface area contributed by atoms with Crippen LogP contribution in [-0.2, 0) is 17.6 Å². The van der Waals surface area contributed by atoms with Crippen molar-refractivity contribution in [1.82, 2.24) is 35.4 Å². The summed E-state index contributed by atoms with van der Waals surface area (Å²) in [5.74, 6) is 0.0992. The Labute approximate surface area is 152 Å². The number of hydrogen-bond acceptors (Lipinski definition) is 7. The van der Waals surface area contributed by atoms with E-state index in [1.807, 2.05) is 24.3 Å². The largest absolute Gasteiger partial charge is 0.465 e. The molecule has 1 aromatic heterocycles. The summed E-state index contributed by atoms with van der Waals surface area (Å²) in [4.78, 5) is 24.0. The monoisotopic (exact) mass is 365 g/mol. The van der Waals surface area contributed by atoms with Gasteiger partial charge >= 0.3 is 5.97 Å². The van der Waals surface area contributed by atoms with Gasteiger partial charge in [-0.3, -0.25) is 4.79 Å². The summed E-state index contributed by atoms with van der Waals surface area (Å²) >= 11 is 0. The molecule has 2 N–H and O–H groups in total. The lowest BCUT2D eigenvalue weighted by molar-refractivity contribution is 0.0600. The molecule has 0 fully saturated rings. The number of H-pyrrole nitrogens is 2. The van der Waals surface area contributed by atoms with E-state index in [9.17, 15) is 9.59 Å². The van der Waals surface area contributed by atoms with Gasteiger partial charge in [0.25, 0.3) is 5.56 Å². The summed E-state index contributed by atoms with van der Waals surface area (Å²) in [6.45, 7) is 0. The number of pyridine rings is 1. The molecular formula is C17H15N7O3. The van der Waals surface area contributed by atoms with Gasteiger partial charge < -0.3 is 9.30 Å². The third-order valence-electron chi connectivity index (χ3n) is 4.23. The van der Waals surface area contributed by atoms with Gasteiger partial charge in [0.05, 0.1) is 12.7 Å². The zero-order valence-corrected chi connectivity index (χ0v) is 14.3. The zero-order valence-electron chi connectivity index (χ0n) is 14.3. The number of nitrogens with one attached hydrogen (secondary N) is 2. The fourth-order valence-electron chi connectivity index (χ4n) is 2.82. The predicted molar refractivity (Wildman–Crippen MR) is 93.7 cm³/mol. The van der Waals surface area contributed by atoms with Crippen LogP contribution < -0.4 is 5.56 Å². The van der Waals surface area contributed by atoms with Gasteiger partial charge in [0, 0.05) is 24.5 Å². The summed E-state index contributed by atoms with van der Waals surface area (Å²) in [6.07, 6.45) is 4.68. The van der Waals surface area contributed by atoms with Crippen LogP contribution in [-0.4, -0.2) is 48.5 Å². The summed E-state index contributed by atoms with van der Waals surface area (Å²) < 4.78 is 6.51. The van der Waals surface area contributed by atoms with Crippen LogP contribution in [0, 0.1) is 0 Å². The number of aromatic amines is 2. The Morgan fingerprint density at radius 1 is 1.15 bits per heavy atom. The maximum absolute atomic E-state index is 12.1. The molecule has 0 saturated heterocycles. The van der Waals surface area contributed by atoms with Crippen LogP contribution in [0.4, 0.5) is 0 Å². The van der Waals surface area contributed by atoms with E-state index in [1.165, 1.54) is 7.11 Å². The Balaban J connectivity index is 1.65. The summed E-state index contributed by atoms with van der Waals surface area (Å²) in [7, 11) is 1.29. The molecule has 0 saturated carbocycles. The normalized spacial score (nSPS) is 11.0. The average Bonchev–Trinajstić information content (AvgIpc) is 3.35. The van der Waals surface area contributed by atoms with Crippen molar-refractivity contribution in [3.05, 3.63) is 64.0 Å². The van der Waals surface area contributed by atoms with Gasteiger partial charge in [-0.25, -0.2) is 9.89 Å². The Hall–Kier alpha value is -3.82. The van der Waals surface area contributed by atoms with Crippen LogP contribution >= 0.6 is 0 Å². The fraction of sp³-hybridized carbons (Fsp3) is 0.176. The third-order valence-corrected chi connectivity index (χ3v) is 4.23. The highest BCUT2D eigenvalue weighted by Gasteiger charge is 2.22. The molecule has 136 valence electrons. The van der Waals surface area contributed by atoms with Crippen molar-refractivity contribution in [3.63, 3.8) is 0 Å². The number of tetrazole rings is 1. The first-order valence-corrected chi connectivity index (χ1v) is 8.16. The van der Waals surface area contributed by atoms with Crippen molar-refractivity contribution in [1.29, 1.82) is 0 Å². The first-order valence-electron chi connectivity index (χ1n) is 8.16. The van der Waals surface area contributed by atoms with E-state index in [4.69, 9.17) is 4.74 Å². The first-order chi connectivity index (χ1) is 13.2. The molecule has 0 radical (unpaired) electrons. The molecule has 2 aliphatic heterocycles. The molecule has 0 amide bonds. The quantitative estimate of drug-likeness (QED) is 0.499. The molecular weight excluding hydrogens is 350 g/mol. The topological polar surface area (TPSA) is 131 Å². The number of aromatic nitrogens is 7. The number of methoxy groups -OCH3 is 1. The highest BCUT2D eigenvalue weighted by molar-refractivity contribution is 5.96. The highest BCUT2D eigenvalue weighted by atomic mass is 16.5. The van der Waals surface area contributed by atoms with Gasteiger partial charge in [-0.2, -0.15) is 10.3 Å². The Morgan fingerprint density at radius 2 is 1.96 bits per heavy atom. The van der Waals surface area contributed by atoms with Crippen LogP contribution in [0.25, 0.3) is 16.9 Å². The lowest BCUT2D eigenvalue weighted by Crippen LogP contribution is -2.11. The lowest BCUT2D eigenvalue weighted by Gasteiger charge is -2.12. The second-order valence-electron chi connectivity index (χ2n) is 5.88. The van der Waals surface area contributed by atoms with Gasteiger partial charge in [0.1, 0.15) is 11.3 Å². The van der Waals surface area contributed by atoms with Crippen LogP contribution in [0.1, 0.15) is 21.7 Å². The lowest BCUT2D eigenvalue weighted by atomic mass is 10.1. The van der Waals surface area contributed by atoms with Crippen LogP contribution in [0.3, 0.4) is 0 Å². The van der Waals surface area contributed by atoms with Gasteiger partial charge in [0.15, 0.2) is 5.82 Å². The summed E-state index contributed by atoms with van der Waals surface area (Å²) in [6, 6.07) is 7.75. The molecule has 1 aromatic carbocycles. The molecule has 0 aliphatic carbocycles. The fourth-order valence-corrected chi connectivity index (χ4v) is 2.82. The standard InChI is InChI=1S/C17H15N7O3/c1-27-17(26)13-9-24(8-12-15(13)20-21-16(12)25)11-5-2-10(3-6-11)4-7-14-18-22-23-19-14/h2-3,5-6,8-9H,4,7H2,1H3,(H,21,25)(H,18,19,22,23). The molecule has 3 heterocycles. The Morgan fingerprint density at radius 3 is 2.67 bits per heavy atom. The van der Waals surface area contributed by atoms with Crippen LogP contribution in [0.15, 0.2) is 41.5 Å². The van der Waals surface area contributed by atoms with E-state index >= 15 is 0 Å². The number of fused-ring (bicyclic) bond motifs is 1. The summed E-state index contributed by atoms with van der Waals surface area (Å²) in [5, 5.41) is 20.1. The van der Waals surface area contributed by atoms with E-state index in [1.54, 1.807) is 17.0 Å². The van der Waals surface area contributed by atoms with E-state index in [0.29, 0.717) is 23.5 Å². The molecule has 2 aliphatic rings. The minimum Gasteiger partial charge on any atom is -0.465 e. The Kier molecular flexibility index (Phi) is 4.21. The van der Waals surface area contributed by atoms with Gasteiger partial charge in [-0.05, 0) is 24.1 Å². The van der Waals surface area contributed by atoms with Gasteiger partial charge in [-0.15, -0.1) is 10.2 Å². The van der Waals surface area contributed by atoms with Crippen LogP contribution in [0.5, 0.6) is 0 Å². The summed E-state index contributed by atoms with van der Waals surface area (Å²) in [5.41, 5.74) is 2.37. The number of benzene rings is 1. The van der Waals surface area contributed by atoms with E-state index in [0.717, 1.165) is 17.7 Å². The number of esters is 1. The maximum Gasteiger partial charge on any atom is 0.341 e. The van der Waals surface area contributed by atoms with Crippen molar-refractivity contribution in [2.24, 2.45) is 0 Å². The smallest absolute Gasteiger partial charge is 0.341 e. The van der Waals surface area contributed by atoms with Crippen molar-refractivity contribution in [3.8, 4) is 16.9 Å². The molecule has 27 heavy (non-hydrogen) atoms. The second-order valence-corrected chi connectivity index (χ2v) is 5.88. The minimum atomic E-state index is -0.558. The average molecular weight is 365 g/mol. The number of carbonyl (C=O) groups excluding carboxylic acids is 1. The number of ether oxygens (including phenoxy) is 1. The number of rotatable bonds is 5. The number of carbonyl (C=O) groups is 1. The van der Waals surface area contributed by atoms with Crippen LogP contribution in [0.2, 0.25) is 0 Å². The van der Waals surface area contributed by atoms with Crippen molar-refractivity contribution >= 4 is 5.97 Å². The number of nitrogens with zero attached hydrogens (tertiary/aromatic N) is 5. The van der Waals surface area contributed by atoms with E-state index in [2.05, 4.69) is 30.8 Å². The van der Waals surface area contributed by atoms with Crippen molar-refractivity contribution in [2.75, 3.05) is 7.11 Å². The van der Waals surface area contributed by atoms with Crippen molar-refractivity contribution < 1.29 is 9.53 Å². The van der Waals surface area contributed by atoms with E-state index < -0.39 is 5.97 Å². The first kappa shape index (κ1) is 16.6. The predicted octanol–water partition coefficient (Wildman–Crippen LogP) is 0.750. The van der Waals surface area contributed by atoms with E-state index in [-0.39, 0.29) is 11.1 Å². The SMILES string of the molecule is COC(=O)c1cn(-c2ccc(CCc3nn[nH]n3)cc2)cc2c(=O)[nH]nc1-2. The third kappa shape index (κ3) is 3.19. The molecule has 0 bridgehead atoms. The molecule has 0 atom stereocenters. The van der Waals surface area contributed by atoms with Crippen molar-refractivity contribution in [2.45, 2.75) is 12.8 Å². The molecule has 10 nitrogen and oxygen atoms in total. The molecule has 0 unspecified atom stereocenters. The van der Waals surface area contributed by atoms with Gasteiger partial charge in [-0.1, -0.05) is 17.3 Å². The molecule has 2 aromatic rings. The second kappa shape index (κ2) is 6.83. The maximum atomic E-state index is 12.1. The zero-order chi connectivity index (χ0) is 18.8. The minimum absolute atomic E-state index is 0.217. The molecule has 4 rings (SSSR count). The number of hydrogen-bond donors (Lipinski definition) is 2. The highest BCUT2D eigenvalue weighted by Crippen LogP contribution is 2.23. The van der Waals surface area contributed by atoms with Gasteiger partial charge in [0.2, 0.25) is 0 Å². The molecule has 10 heteroatoms. The Bertz CT molecular complexity index is 1100. The molecule has 0 spiro atoms. The number of aryl methyl sites for hydroxylation is 2.